The fraction of sp³-hybridized carbons (Fsp3) is 0.167. The van der Waals surface area contributed by atoms with E-state index in [0.717, 1.165) is 12.0 Å². The quantitative estimate of drug-likeness (QED) is 0.670. The van der Waals surface area contributed by atoms with Gasteiger partial charge >= 0.3 is 0 Å². The summed E-state index contributed by atoms with van der Waals surface area (Å²) >= 11 is 4.84. The predicted molar refractivity (Wildman–Crippen MR) is 72.2 cm³/mol. The lowest BCUT2D eigenvalue weighted by molar-refractivity contribution is 0.559. The van der Waals surface area contributed by atoms with E-state index in [1.165, 1.54) is 10.9 Å². The van der Waals surface area contributed by atoms with Crippen LogP contribution < -0.4 is 11.3 Å². The molecule has 1 heterocycles. The molecule has 17 heavy (non-hydrogen) atoms. The molecule has 0 aliphatic heterocycles. The maximum atomic E-state index is 13.1. The lowest BCUT2D eigenvalue weighted by Gasteiger charge is -2.14. The maximum absolute atomic E-state index is 13.1. The van der Waals surface area contributed by atoms with E-state index in [1.807, 2.05) is 17.5 Å². The number of halogens is 2. The maximum Gasteiger partial charge on any atom is 0.137 e. The SMILES string of the molecule is NNC(Cc1ccc(F)c(Br)c1)c1cccs1. The van der Waals surface area contributed by atoms with Gasteiger partial charge in [-0.15, -0.1) is 11.3 Å². The monoisotopic (exact) mass is 314 g/mol. The van der Waals surface area contributed by atoms with Crippen LogP contribution in [0.4, 0.5) is 4.39 Å². The van der Waals surface area contributed by atoms with Crippen molar-refractivity contribution in [2.45, 2.75) is 12.5 Å². The Kier molecular flexibility index (Phi) is 4.28. The van der Waals surface area contributed by atoms with Gasteiger partial charge in [-0.05, 0) is 51.5 Å². The Morgan fingerprint density at radius 2 is 2.24 bits per heavy atom. The smallest absolute Gasteiger partial charge is 0.137 e. The second kappa shape index (κ2) is 5.73. The highest BCUT2D eigenvalue weighted by molar-refractivity contribution is 9.10. The van der Waals surface area contributed by atoms with Crippen molar-refractivity contribution in [2.24, 2.45) is 5.84 Å². The van der Waals surface area contributed by atoms with Crippen LogP contribution in [0.5, 0.6) is 0 Å². The van der Waals surface area contributed by atoms with Crippen LogP contribution in [0, 0.1) is 5.82 Å². The van der Waals surface area contributed by atoms with Crippen LogP contribution in [0.25, 0.3) is 0 Å². The van der Waals surface area contributed by atoms with Gasteiger partial charge in [0.15, 0.2) is 0 Å². The first-order valence-corrected chi connectivity index (χ1v) is 6.81. The zero-order chi connectivity index (χ0) is 12.3. The molecule has 0 fully saturated rings. The Hall–Kier alpha value is -0.750. The van der Waals surface area contributed by atoms with Gasteiger partial charge in [0.05, 0.1) is 10.5 Å². The molecule has 2 aromatic rings. The summed E-state index contributed by atoms with van der Waals surface area (Å²) in [6, 6.07) is 9.11. The minimum atomic E-state index is -0.248. The number of hydrogen-bond acceptors (Lipinski definition) is 3. The number of hydrogen-bond donors (Lipinski definition) is 2. The average molecular weight is 315 g/mol. The number of benzene rings is 1. The highest BCUT2D eigenvalue weighted by Crippen LogP contribution is 2.24. The zero-order valence-corrected chi connectivity index (χ0v) is 11.4. The van der Waals surface area contributed by atoms with Gasteiger partial charge in [0.2, 0.25) is 0 Å². The Labute approximate surface area is 112 Å². The summed E-state index contributed by atoms with van der Waals surface area (Å²) in [4.78, 5) is 1.17. The molecule has 2 rings (SSSR count). The molecule has 1 aromatic heterocycles. The first-order chi connectivity index (χ1) is 8.20. The standard InChI is InChI=1S/C12H12BrFN2S/c13-9-6-8(3-4-10(9)14)7-11(16-15)12-2-1-5-17-12/h1-6,11,16H,7,15H2. The summed E-state index contributed by atoms with van der Waals surface area (Å²) in [6.07, 6.45) is 0.732. The molecule has 0 spiro atoms. The van der Waals surface area contributed by atoms with E-state index >= 15 is 0 Å². The van der Waals surface area contributed by atoms with Crippen LogP contribution in [0.2, 0.25) is 0 Å². The number of rotatable bonds is 4. The highest BCUT2D eigenvalue weighted by atomic mass is 79.9. The summed E-state index contributed by atoms with van der Waals surface area (Å²) in [7, 11) is 0. The van der Waals surface area contributed by atoms with Crippen LogP contribution in [0.3, 0.4) is 0 Å². The third-order valence-electron chi connectivity index (χ3n) is 2.51. The third kappa shape index (κ3) is 3.13. The third-order valence-corrected chi connectivity index (χ3v) is 4.11. The van der Waals surface area contributed by atoms with E-state index in [2.05, 4.69) is 21.4 Å². The molecule has 0 aliphatic carbocycles. The molecule has 2 nitrogen and oxygen atoms in total. The van der Waals surface area contributed by atoms with E-state index in [0.29, 0.717) is 4.47 Å². The van der Waals surface area contributed by atoms with Gasteiger partial charge in [-0.1, -0.05) is 12.1 Å². The van der Waals surface area contributed by atoms with Gasteiger partial charge in [0.1, 0.15) is 5.82 Å². The molecule has 3 N–H and O–H groups in total. The van der Waals surface area contributed by atoms with Crippen LogP contribution in [0.1, 0.15) is 16.5 Å². The second-order valence-electron chi connectivity index (χ2n) is 3.69. The van der Waals surface area contributed by atoms with E-state index in [1.54, 1.807) is 23.5 Å². The molecule has 0 amide bonds. The molecule has 5 heteroatoms. The molecule has 0 radical (unpaired) electrons. The van der Waals surface area contributed by atoms with Gasteiger partial charge in [-0.3, -0.25) is 11.3 Å². The van der Waals surface area contributed by atoms with Crippen molar-refractivity contribution in [3.63, 3.8) is 0 Å². The molecule has 90 valence electrons. The summed E-state index contributed by atoms with van der Waals surface area (Å²) in [5.41, 5.74) is 3.83. The van der Waals surface area contributed by atoms with E-state index < -0.39 is 0 Å². The first-order valence-electron chi connectivity index (χ1n) is 5.14. The Morgan fingerprint density at radius 1 is 1.41 bits per heavy atom. The van der Waals surface area contributed by atoms with E-state index in [4.69, 9.17) is 5.84 Å². The second-order valence-corrected chi connectivity index (χ2v) is 5.52. The summed E-state index contributed by atoms with van der Waals surface area (Å²) in [5, 5.41) is 2.01. The van der Waals surface area contributed by atoms with Crippen molar-refractivity contribution in [1.82, 2.24) is 5.43 Å². The molecule has 1 unspecified atom stereocenters. The summed E-state index contributed by atoms with van der Waals surface area (Å²) < 4.78 is 13.6. The van der Waals surface area contributed by atoms with Crippen LogP contribution in [0.15, 0.2) is 40.2 Å². The van der Waals surface area contributed by atoms with Crippen molar-refractivity contribution >= 4 is 27.3 Å². The average Bonchev–Trinajstić information content (AvgIpc) is 2.84. The van der Waals surface area contributed by atoms with Crippen molar-refractivity contribution in [3.8, 4) is 0 Å². The molecule has 0 saturated carbocycles. The van der Waals surface area contributed by atoms with E-state index in [9.17, 15) is 4.39 Å². The van der Waals surface area contributed by atoms with Gasteiger partial charge in [-0.25, -0.2) is 4.39 Å². The topological polar surface area (TPSA) is 38.0 Å². The van der Waals surface area contributed by atoms with Crippen LogP contribution >= 0.6 is 27.3 Å². The normalized spacial score (nSPS) is 12.6. The highest BCUT2D eigenvalue weighted by Gasteiger charge is 2.12. The Morgan fingerprint density at radius 3 is 2.82 bits per heavy atom. The molecule has 1 atom stereocenters. The molecule has 0 saturated heterocycles. The first kappa shape index (κ1) is 12.7. The van der Waals surface area contributed by atoms with E-state index in [-0.39, 0.29) is 11.9 Å². The van der Waals surface area contributed by atoms with Gasteiger partial charge < -0.3 is 0 Å². The number of nitrogens with two attached hydrogens (primary N) is 1. The minimum Gasteiger partial charge on any atom is -0.271 e. The lowest BCUT2D eigenvalue weighted by Crippen LogP contribution is -2.28. The molecule has 0 bridgehead atoms. The van der Waals surface area contributed by atoms with Gasteiger partial charge in [0, 0.05) is 4.88 Å². The molecule has 0 aliphatic rings. The van der Waals surface area contributed by atoms with Gasteiger partial charge in [-0.2, -0.15) is 0 Å². The Bertz CT molecular complexity index is 487. The lowest BCUT2D eigenvalue weighted by atomic mass is 10.1. The Balaban J connectivity index is 2.16. The largest absolute Gasteiger partial charge is 0.271 e. The fourth-order valence-electron chi connectivity index (χ4n) is 1.63. The summed E-state index contributed by atoms with van der Waals surface area (Å²) in [6.45, 7) is 0. The number of nitrogens with one attached hydrogen (secondary N) is 1. The zero-order valence-electron chi connectivity index (χ0n) is 8.99. The van der Waals surface area contributed by atoms with Crippen molar-refractivity contribution in [3.05, 3.63) is 56.4 Å². The van der Waals surface area contributed by atoms with Crippen LogP contribution in [-0.2, 0) is 6.42 Å². The van der Waals surface area contributed by atoms with Crippen molar-refractivity contribution in [2.75, 3.05) is 0 Å². The molecular formula is C12H12BrFN2S. The number of hydrazine groups is 1. The van der Waals surface area contributed by atoms with Crippen molar-refractivity contribution in [1.29, 1.82) is 0 Å². The summed E-state index contributed by atoms with van der Waals surface area (Å²) in [5.74, 6) is 5.30. The molecule has 1 aromatic carbocycles. The fourth-order valence-corrected chi connectivity index (χ4v) is 2.85. The predicted octanol–water partition coefficient (Wildman–Crippen LogP) is 3.40. The minimum absolute atomic E-state index is 0.0624. The van der Waals surface area contributed by atoms with Gasteiger partial charge in [0.25, 0.3) is 0 Å². The van der Waals surface area contributed by atoms with Crippen molar-refractivity contribution < 1.29 is 4.39 Å². The van der Waals surface area contributed by atoms with Crippen LogP contribution in [-0.4, -0.2) is 0 Å². The number of thiophene rings is 1. The molecular weight excluding hydrogens is 303 g/mol.